The molecule has 0 unspecified atom stereocenters. The average Bonchev–Trinajstić information content (AvgIpc) is 2.32. The summed E-state index contributed by atoms with van der Waals surface area (Å²) in [6, 6.07) is 13.1. The van der Waals surface area contributed by atoms with E-state index in [1.54, 1.807) is 6.07 Å². The number of ether oxygens (including phenoxy) is 1. The van der Waals surface area contributed by atoms with Crippen LogP contribution >= 0.6 is 11.6 Å². The van der Waals surface area contributed by atoms with Crippen molar-refractivity contribution in [2.45, 2.75) is 13.2 Å². The minimum Gasteiger partial charge on any atom is -0.384 e. The lowest BCUT2D eigenvalue weighted by Crippen LogP contribution is -1.98. The number of hydrogen-bond donors (Lipinski definition) is 1. The van der Waals surface area contributed by atoms with Crippen LogP contribution in [0.4, 0.5) is 5.82 Å². The van der Waals surface area contributed by atoms with Crippen LogP contribution in [-0.2, 0) is 18.0 Å². The predicted molar refractivity (Wildman–Crippen MR) is 68.6 cm³/mol. The van der Waals surface area contributed by atoms with Crippen molar-refractivity contribution in [2.75, 3.05) is 5.73 Å². The third kappa shape index (κ3) is 3.73. The minimum atomic E-state index is 0.452. The quantitative estimate of drug-likeness (QED) is 0.905. The van der Waals surface area contributed by atoms with Gasteiger partial charge in [-0.15, -0.1) is 0 Å². The van der Waals surface area contributed by atoms with Crippen LogP contribution in [0.1, 0.15) is 11.3 Å². The van der Waals surface area contributed by atoms with Crippen molar-refractivity contribution in [3.63, 3.8) is 0 Å². The van der Waals surface area contributed by atoms with E-state index in [1.165, 1.54) is 0 Å². The fraction of sp³-hybridized carbons (Fsp3) is 0.154. The van der Waals surface area contributed by atoms with Gasteiger partial charge in [0.2, 0.25) is 0 Å². The van der Waals surface area contributed by atoms with Gasteiger partial charge in [-0.3, -0.25) is 0 Å². The van der Waals surface area contributed by atoms with Gasteiger partial charge in [0, 0.05) is 5.02 Å². The Bertz CT molecular complexity index is 485. The van der Waals surface area contributed by atoms with Gasteiger partial charge in [0.15, 0.2) is 0 Å². The first-order valence-electron chi connectivity index (χ1n) is 5.27. The lowest BCUT2D eigenvalue weighted by molar-refractivity contribution is 0.104. The highest BCUT2D eigenvalue weighted by Gasteiger charge is 1.97. The van der Waals surface area contributed by atoms with E-state index < -0.39 is 0 Å². The molecule has 0 amide bonds. The van der Waals surface area contributed by atoms with Crippen molar-refractivity contribution >= 4 is 17.4 Å². The van der Waals surface area contributed by atoms with Crippen LogP contribution in [0.25, 0.3) is 0 Å². The zero-order chi connectivity index (χ0) is 12.1. The number of nitrogens with two attached hydrogens (primary N) is 1. The SMILES string of the molecule is Nc1cccc(COCc2ccc(Cl)cc2)n1. The van der Waals surface area contributed by atoms with E-state index in [2.05, 4.69) is 4.98 Å². The molecule has 1 aromatic carbocycles. The van der Waals surface area contributed by atoms with Gasteiger partial charge in [-0.2, -0.15) is 0 Å². The first-order valence-corrected chi connectivity index (χ1v) is 5.65. The van der Waals surface area contributed by atoms with Crippen LogP contribution in [-0.4, -0.2) is 4.98 Å². The topological polar surface area (TPSA) is 48.1 Å². The van der Waals surface area contributed by atoms with Gasteiger partial charge in [-0.1, -0.05) is 29.8 Å². The molecule has 4 heteroatoms. The second-order valence-electron chi connectivity index (χ2n) is 3.67. The molecule has 0 spiro atoms. The van der Waals surface area contributed by atoms with E-state index in [0.717, 1.165) is 16.3 Å². The number of halogens is 1. The molecule has 0 bridgehead atoms. The number of hydrogen-bond acceptors (Lipinski definition) is 3. The molecule has 17 heavy (non-hydrogen) atoms. The lowest BCUT2D eigenvalue weighted by atomic mass is 10.2. The number of benzene rings is 1. The number of rotatable bonds is 4. The van der Waals surface area contributed by atoms with Crippen LogP contribution < -0.4 is 5.73 Å². The first-order chi connectivity index (χ1) is 8.24. The highest BCUT2D eigenvalue weighted by atomic mass is 35.5. The summed E-state index contributed by atoms with van der Waals surface area (Å²) in [5.41, 5.74) is 7.49. The normalized spacial score (nSPS) is 10.4. The van der Waals surface area contributed by atoms with Gasteiger partial charge in [-0.05, 0) is 29.8 Å². The Morgan fingerprint density at radius 1 is 1.06 bits per heavy atom. The van der Waals surface area contributed by atoms with E-state index >= 15 is 0 Å². The van der Waals surface area contributed by atoms with E-state index in [-0.39, 0.29) is 0 Å². The third-order valence-corrected chi connectivity index (χ3v) is 2.51. The zero-order valence-electron chi connectivity index (χ0n) is 9.27. The van der Waals surface area contributed by atoms with Gasteiger partial charge < -0.3 is 10.5 Å². The number of aromatic nitrogens is 1. The van der Waals surface area contributed by atoms with E-state index in [4.69, 9.17) is 22.1 Å². The van der Waals surface area contributed by atoms with E-state index in [0.29, 0.717) is 19.0 Å². The fourth-order valence-electron chi connectivity index (χ4n) is 1.43. The van der Waals surface area contributed by atoms with Crippen LogP contribution in [0.5, 0.6) is 0 Å². The number of anilines is 1. The van der Waals surface area contributed by atoms with Gasteiger partial charge in [0.25, 0.3) is 0 Å². The maximum atomic E-state index is 5.79. The summed E-state index contributed by atoms with van der Waals surface area (Å²) in [5.74, 6) is 0.512. The van der Waals surface area contributed by atoms with Gasteiger partial charge in [-0.25, -0.2) is 4.98 Å². The van der Waals surface area contributed by atoms with Crippen molar-refractivity contribution in [3.8, 4) is 0 Å². The van der Waals surface area contributed by atoms with Gasteiger partial charge in [0.1, 0.15) is 5.82 Å². The second kappa shape index (κ2) is 5.66. The first kappa shape index (κ1) is 11.9. The molecule has 0 fully saturated rings. The molecule has 88 valence electrons. The second-order valence-corrected chi connectivity index (χ2v) is 4.11. The maximum Gasteiger partial charge on any atom is 0.123 e. The zero-order valence-corrected chi connectivity index (χ0v) is 10.0. The average molecular weight is 249 g/mol. The largest absolute Gasteiger partial charge is 0.384 e. The van der Waals surface area contributed by atoms with Crippen molar-refractivity contribution in [3.05, 3.63) is 58.7 Å². The molecule has 1 aromatic heterocycles. The highest BCUT2D eigenvalue weighted by Crippen LogP contribution is 2.11. The van der Waals surface area contributed by atoms with Crippen molar-refractivity contribution < 1.29 is 4.74 Å². The molecule has 2 N–H and O–H groups in total. The maximum absolute atomic E-state index is 5.79. The molecule has 1 heterocycles. The summed E-state index contributed by atoms with van der Waals surface area (Å²) >= 11 is 5.79. The van der Waals surface area contributed by atoms with Crippen molar-refractivity contribution in [1.29, 1.82) is 0 Å². The van der Waals surface area contributed by atoms with Crippen molar-refractivity contribution in [2.24, 2.45) is 0 Å². The monoisotopic (exact) mass is 248 g/mol. The van der Waals surface area contributed by atoms with Crippen LogP contribution in [0.3, 0.4) is 0 Å². The summed E-state index contributed by atoms with van der Waals surface area (Å²) in [5, 5.41) is 0.728. The van der Waals surface area contributed by atoms with Gasteiger partial charge in [0.05, 0.1) is 18.9 Å². The Morgan fingerprint density at radius 3 is 2.53 bits per heavy atom. The summed E-state index contributed by atoms with van der Waals surface area (Å²) in [7, 11) is 0. The molecule has 2 rings (SSSR count). The third-order valence-electron chi connectivity index (χ3n) is 2.26. The van der Waals surface area contributed by atoms with Crippen LogP contribution in [0, 0.1) is 0 Å². The number of pyridine rings is 1. The van der Waals surface area contributed by atoms with E-state index in [1.807, 2.05) is 36.4 Å². The predicted octanol–water partition coefficient (Wildman–Crippen LogP) is 3.03. The molecule has 0 radical (unpaired) electrons. The highest BCUT2D eigenvalue weighted by molar-refractivity contribution is 6.30. The molecule has 0 atom stereocenters. The Kier molecular flexibility index (Phi) is 3.96. The Balaban J connectivity index is 1.85. The summed E-state index contributed by atoms with van der Waals surface area (Å²) in [4.78, 5) is 4.15. The Morgan fingerprint density at radius 2 is 1.82 bits per heavy atom. The van der Waals surface area contributed by atoms with Crippen LogP contribution in [0.15, 0.2) is 42.5 Å². The van der Waals surface area contributed by atoms with Gasteiger partial charge >= 0.3 is 0 Å². The molecule has 0 aliphatic carbocycles. The molecule has 3 nitrogen and oxygen atoms in total. The number of nitrogens with zero attached hydrogens (tertiary/aromatic N) is 1. The molecule has 2 aromatic rings. The molecular weight excluding hydrogens is 236 g/mol. The summed E-state index contributed by atoms with van der Waals surface area (Å²) < 4.78 is 5.54. The number of nitrogen functional groups attached to an aromatic ring is 1. The van der Waals surface area contributed by atoms with Crippen molar-refractivity contribution in [1.82, 2.24) is 4.98 Å². The smallest absolute Gasteiger partial charge is 0.123 e. The molecule has 0 aliphatic rings. The summed E-state index contributed by atoms with van der Waals surface area (Å²) in [6.45, 7) is 0.987. The lowest BCUT2D eigenvalue weighted by Gasteiger charge is -2.04. The minimum absolute atomic E-state index is 0.452. The standard InChI is InChI=1S/C13H13ClN2O/c14-11-6-4-10(5-7-11)8-17-9-12-2-1-3-13(15)16-12/h1-7H,8-9H2,(H2,15,16). The Labute approximate surface area is 105 Å². The molecular formula is C13H13ClN2O. The molecule has 0 saturated heterocycles. The molecule has 0 aliphatic heterocycles. The summed E-state index contributed by atoms with van der Waals surface area (Å²) in [6.07, 6.45) is 0. The fourth-order valence-corrected chi connectivity index (χ4v) is 1.56. The Hall–Kier alpha value is -1.58. The van der Waals surface area contributed by atoms with Crippen LogP contribution in [0.2, 0.25) is 5.02 Å². The molecule has 0 saturated carbocycles. The van der Waals surface area contributed by atoms with E-state index in [9.17, 15) is 0 Å².